The maximum Gasteiger partial charge on any atom is 0.342 e. The summed E-state index contributed by atoms with van der Waals surface area (Å²) in [4.78, 5) is 37.1. The molecule has 2 amide bonds. The second-order valence-electron chi connectivity index (χ2n) is 5.86. The van der Waals surface area contributed by atoms with E-state index >= 15 is 0 Å². The Balaban J connectivity index is 2.13. The standard InChI is InChI=1S/C18H18Cl2N2O4S/c1-8-10(3)27-17(21-11(4)23)15(8)18(25)26-9(2)16(24)22-14-6-12(19)5-13(20)7-14/h5-7,9H,1-4H3,(H,21,23)(H,22,24). The fourth-order valence-electron chi connectivity index (χ4n) is 2.26. The molecule has 0 aliphatic carbocycles. The Morgan fingerprint density at radius 2 is 1.67 bits per heavy atom. The lowest BCUT2D eigenvalue weighted by molar-refractivity contribution is -0.123. The highest BCUT2D eigenvalue weighted by molar-refractivity contribution is 7.16. The monoisotopic (exact) mass is 428 g/mol. The maximum atomic E-state index is 12.6. The molecule has 1 aromatic carbocycles. The Bertz CT molecular complexity index is 891. The summed E-state index contributed by atoms with van der Waals surface area (Å²) >= 11 is 13.1. The zero-order valence-electron chi connectivity index (χ0n) is 15.1. The molecular formula is C18H18Cl2N2O4S. The molecule has 27 heavy (non-hydrogen) atoms. The molecular weight excluding hydrogens is 411 g/mol. The number of nitrogens with one attached hydrogen (secondary N) is 2. The largest absolute Gasteiger partial charge is 0.449 e. The van der Waals surface area contributed by atoms with Crippen molar-refractivity contribution in [1.82, 2.24) is 0 Å². The van der Waals surface area contributed by atoms with Crippen LogP contribution in [-0.2, 0) is 14.3 Å². The van der Waals surface area contributed by atoms with Gasteiger partial charge in [-0.25, -0.2) is 4.79 Å². The van der Waals surface area contributed by atoms with Gasteiger partial charge < -0.3 is 15.4 Å². The van der Waals surface area contributed by atoms with E-state index in [-0.39, 0.29) is 11.5 Å². The van der Waals surface area contributed by atoms with Crippen molar-refractivity contribution in [3.05, 3.63) is 44.2 Å². The molecule has 0 aliphatic heterocycles. The highest BCUT2D eigenvalue weighted by Gasteiger charge is 2.25. The molecule has 144 valence electrons. The summed E-state index contributed by atoms with van der Waals surface area (Å²) < 4.78 is 5.29. The number of halogens is 2. The first kappa shape index (κ1) is 21.2. The van der Waals surface area contributed by atoms with Gasteiger partial charge in [0.1, 0.15) is 5.00 Å². The van der Waals surface area contributed by atoms with E-state index in [0.717, 1.165) is 4.88 Å². The molecule has 2 N–H and O–H groups in total. The zero-order chi connectivity index (χ0) is 20.3. The molecule has 0 saturated carbocycles. The molecule has 1 atom stereocenters. The van der Waals surface area contributed by atoms with Crippen LogP contribution in [0.4, 0.5) is 10.7 Å². The van der Waals surface area contributed by atoms with Crippen LogP contribution in [0.3, 0.4) is 0 Å². The maximum absolute atomic E-state index is 12.6. The molecule has 1 aromatic heterocycles. The number of ether oxygens (including phenoxy) is 1. The predicted octanol–water partition coefficient (Wildman–Crippen LogP) is 4.81. The second kappa shape index (κ2) is 8.73. The second-order valence-corrected chi connectivity index (χ2v) is 7.96. The number of anilines is 2. The van der Waals surface area contributed by atoms with E-state index in [1.165, 1.54) is 43.4 Å². The SMILES string of the molecule is CC(=O)Nc1sc(C)c(C)c1C(=O)OC(C)C(=O)Nc1cc(Cl)cc(Cl)c1. The van der Waals surface area contributed by atoms with Gasteiger partial charge in [0.05, 0.1) is 5.56 Å². The van der Waals surface area contributed by atoms with Crippen molar-refractivity contribution < 1.29 is 19.1 Å². The lowest BCUT2D eigenvalue weighted by Crippen LogP contribution is -2.30. The predicted molar refractivity (Wildman–Crippen MR) is 108 cm³/mol. The molecule has 0 bridgehead atoms. The first-order valence-electron chi connectivity index (χ1n) is 7.94. The Morgan fingerprint density at radius 3 is 2.22 bits per heavy atom. The minimum absolute atomic E-state index is 0.248. The first-order chi connectivity index (χ1) is 12.6. The Morgan fingerprint density at radius 1 is 1.07 bits per heavy atom. The molecule has 2 aromatic rings. The average molecular weight is 429 g/mol. The summed E-state index contributed by atoms with van der Waals surface area (Å²) in [5, 5.41) is 6.35. The quantitative estimate of drug-likeness (QED) is 0.668. The van der Waals surface area contributed by atoms with Crippen molar-refractivity contribution in [2.24, 2.45) is 0 Å². The van der Waals surface area contributed by atoms with Crippen molar-refractivity contribution >= 4 is 63.0 Å². The molecule has 6 nitrogen and oxygen atoms in total. The van der Waals surface area contributed by atoms with Crippen LogP contribution >= 0.6 is 34.5 Å². The van der Waals surface area contributed by atoms with E-state index in [9.17, 15) is 14.4 Å². The topological polar surface area (TPSA) is 84.5 Å². The number of thiophene rings is 1. The number of carbonyl (C=O) groups is 3. The molecule has 0 radical (unpaired) electrons. The molecule has 2 rings (SSSR count). The van der Waals surface area contributed by atoms with Gasteiger partial charge in [0.25, 0.3) is 5.91 Å². The summed E-state index contributed by atoms with van der Waals surface area (Å²) in [6, 6.07) is 4.59. The summed E-state index contributed by atoms with van der Waals surface area (Å²) in [5.74, 6) is -1.52. The first-order valence-corrected chi connectivity index (χ1v) is 9.51. The lowest BCUT2D eigenvalue weighted by Gasteiger charge is -2.14. The van der Waals surface area contributed by atoms with Crippen LogP contribution in [0.2, 0.25) is 10.0 Å². The Kier molecular flexibility index (Phi) is 6.86. The minimum atomic E-state index is -1.07. The van der Waals surface area contributed by atoms with Crippen LogP contribution < -0.4 is 10.6 Å². The van der Waals surface area contributed by atoms with E-state index in [0.29, 0.717) is 26.3 Å². The smallest absolute Gasteiger partial charge is 0.342 e. The van der Waals surface area contributed by atoms with Crippen LogP contribution in [-0.4, -0.2) is 23.9 Å². The molecule has 0 spiro atoms. The number of esters is 1. The number of carbonyl (C=O) groups excluding carboxylic acids is 3. The van der Waals surface area contributed by atoms with Gasteiger partial charge in [0.15, 0.2) is 6.10 Å². The van der Waals surface area contributed by atoms with Gasteiger partial charge in [-0.15, -0.1) is 11.3 Å². The molecule has 0 fully saturated rings. The van der Waals surface area contributed by atoms with Crippen molar-refractivity contribution in [3.8, 4) is 0 Å². The summed E-state index contributed by atoms with van der Waals surface area (Å²) in [5.41, 5.74) is 1.34. The van der Waals surface area contributed by atoms with Crippen molar-refractivity contribution in [3.63, 3.8) is 0 Å². The molecule has 1 heterocycles. The van der Waals surface area contributed by atoms with E-state index in [2.05, 4.69) is 10.6 Å². The van der Waals surface area contributed by atoms with Crippen LogP contribution in [0.25, 0.3) is 0 Å². The van der Waals surface area contributed by atoms with Crippen molar-refractivity contribution in [2.75, 3.05) is 10.6 Å². The number of benzene rings is 1. The van der Waals surface area contributed by atoms with Crippen LogP contribution in [0.5, 0.6) is 0 Å². The third-order valence-electron chi connectivity index (χ3n) is 3.66. The number of amides is 2. The molecule has 0 aliphatic rings. The van der Waals surface area contributed by atoms with Gasteiger partial charge >= 0.3 is 5.97 Å². The van der Waals surface area contributed by atoms with Gasteiger partial charge in [-0.2, -0.15) is 0 Å². The van der Waals surface area contributed by atoms with Gasteiger partial charge in [0.2, 0.25) is 5.91 Å². The fraction of sp³-hybridized carbons (Fsp3) is 0.278. The van der Waals surface area contributed by atoms with Gasteiger partial charge in [-0.3, -0.25) is 9.59 Å². The molecule has 0 saturated heterocycles. The number of hydrogen-bond acceptors (Lipinski definition) is 5. The van der Waals surface area contributed by atoms with Gasteiger partial charge in [-0.05, 0) is 44.5 Å². The molecule has 1 unspecified atom stereocenters. The third-order valence-corrected chi connectivity index (χ3v) is 5.22. The highest BCUT2D eigenvalue weighted by atomic mass is 35.5. The van der Waals surface area contributed by atoms with Gasteiger partial charge in [-0.1, -0.05) is 23.2 Å². The minimum Gasteiger partial charge on any atom is -0.449 e. The number of hydrogen-bond donors (Lipinski definition) is 2. The highest BCUT2D eigenvalue weighted by Crippen LogP contribution is 2.33. The third kappa shape index (κ3) is 5.45. The van der Waals surface area contributed by atoms with Crippen LogP contribution in [0.1, 0.15) is 34.6 Å². The van der Waals surface area contributed by atoms with E-state index < -0.39 is 18.0 Å². The number of rotatable bonds is 5. The van der Waals surface area contributed by atoms with E-state index in [4.69, 9.17) is 27.9 Å². The lowest BCUT2D eigenvalue weighted by atomic mass is 10.1. The summed E-state index contributed by atoms with van der Waals surface area (Å²) in [6.45, 7) is 6.39. The van der Waals surface area contributed by atoms with Gasteiger partial charge in [0, 0.05) is 27.5 Å². The molecule has 9 heteroatoms. The van der Waals surface area contributed by atoms with E-state index in [1.54, 1.807) is 6.92 Å². The Labute approximate surface area is 170 Å². The van der Waals surface area contributed by atoms with Crippen LogP contribution in [0.15, 0.2) is 18.2 Å². The summed E-state index contributed by atoms with van der Waals surface area (Å²) in [6.07, 6.45) is -1.07. The fourth-order valence-corrected chi connectivity index (χ4v) is 3.88. The summed E-state index contributed by atoms with van der Waals surface area (Å²) in [7, 11) is 0. The normalized spacial score (nSPS) is 11.6. The zero-order valence-corrected chi connectivity index (χ0v) is 17.4. The van der Waals surface area contributed by atoms with Crippen molar-refractivity contribution in [2.45, 2.75) is 33.8 Å². The van der Waals surface area contributed by atoms with E-state index in [1.807, 2.05) is 6.92 Å². The van der Waals surface area contributed by atoms with Crippen LogP contribution in [0, 0.1) is 13.8 Å². The average Bonchev–Trinajstić information content (AvgIpc) is 2.79. The Hall–Kier alpha value is -2.09. The van der Waals surface area contributed by atoms with Crippen molar-refractivity contribution in [1.29, 1.82) is 0 Å². The number of aryl methyl sites for hydroxylation is 1.